The number of carbonyl (C=O) groups is 1. The average molecular weight is 302 g/mol. The Hall–Kier alpha value is -1.61. The number of likely N-dealkylation sites (N-methyl/N-ethyl adjacent to an activating group) is 1. The maximum Gasteiger partial charge on any atom is 0.251 e. The van der Waals surface area contributed by atoms with Crippen molar-refractivity contribution in [2.75, 3.05) is 26.2 Å². The van der Waals surface area contributed by atoms with Gasteiger partial charge in [-0.3, -0.25) is 4.79 Å². The molecule has 0 aliphatic heterocycles. The maximum absolute atomic E-state index is 12.3. The first-order chi connectivity index (χ1) is 10.7. The van der Waals surface area contributed by atoms with Crippen LogP contribution in [0.4, 0.5) is 0 Å². The molecule has 1 aliphatic rings. The number of allylic oxidation sites excluding steroid dienone is 2. The molecule has 1 aromatic rings. The summed E-state index contributed by atoms with van der Waals surface area (Å²) in [5.41, 5.74) is 4.67. The number of carbonyl (C=O) groups excluding carboxylic acids is 1. The molecule has 0 heterocycles. The molecule has 3 heteroatoms. The Labute approximate surface area is 135 Å². The Bertz CT molecular complexity index is 550. The molecule has 1 aromatic carbocycles. The predicted molar refractivity (Wildman–Crippen MR) is 95.2 cm³/mol. The molecule has 0 fully saturated rings. The smallest absolute Gasteiger partial charge is 0.251 e. The van der Waals surface area contributed by atoms with Crippen molar-refractivity contribution < 1.29 is 6.22 Å². The fourth-order valence-electron chi connectivity index (χ4n) is 2.99. The molecule has 0 atom stereocenters. The van der Waals surface area contributed by atoms with Crippen LogP contribution in [0.15, 0.2) is 24.3 Å². The second-order valence-corrected chi connectivity index (χ2v) is 5.93. The highest BCUT2D eigenvalue weighted by molar-refractivity contribution is 5.95. The number of aryl methyl sites for hydroxylation is 1. The average Bonchev–Trinajstić information content (AvgIpc) is 3.06. The molecular formula is C19H30N2O. The summed E-state index contributed by atoms with van der Waals surface area (Å²) < 4.78 is 0. The lowest BCUT2D eigenvalue weighted by Crippen LogP contribution is -2.34. The SMILES string of the molecule is CCN(CC)CCNC(=O)c1ccc(C)c(C2=CCCC2)c1.[HH]. The zero-order valence-corrected chi connectivity index (χ0v) is 14.1. The van der Waals surface area contributed by atoms with Crippen molar-refractivity contribution in [1.82, 2.24) is 10.2 Å². The number of nitrogens with zero attached hydrogens (tertiary/aromatic N) is 1. The summed E-state index contributed by atoms with van der Waals surface area (Å²) in [6, 6.07) is 6.05. The summed E-state index contributed by atoms with van der Waals surface area (Å²) in [5.74, 6) is 0.0343. The van der Waals surface area contributed by atoms with E-state index in [1.165, 1.54) is 23.1 Å². The molecule has 22 heavy (non-hydrogen) atoms. The van der Waals surface area contributed by atoms with Gasteiger partial charge in [-0.15, -0.1) is 0 Å². The van der Waals surface area contributed by atoms with Crippen LogP contribution < -0.4 is 5.32 Å². The molecule has 1 N–H and O–H groups in total. The minimum absolute atomic E-state index is 0. The van der Waals surface area contributed by atoms with Crippen LogP contribution in [0.1, 0.15) is 56.0 Å². The molecule has 2 rings (SSSR count). The van der Waals surface area contributed by atoms with Crippen LogP contribution in [-0.2, 0) is 0 Å². The third-order valence-electron chi connectivity index (χ3n) is 4.49. The Kier molecular flexibility index (Phi) is 6.20. The highest BCUT2D eigenvalue weighted by atomic mass is 16.1. The molecule has 0 radical (unpaired) electrons. The van der Waals surface area contributed by atoms with E-state index in [1.807, 2.05) is 6.07 Å². The third kappa shape index (κ3) is 4.20. The van der Waals surface area contributed by atoms with Crippen molar-refractivity contribution in [2.45, 2.75) is 40.0 Å². The van der Waals surface area contributed by atoms with Gasteiger partial charge >= 0.3 is 0 Å². The van der Waals surface area contributed by atoms with Crippen LogP contribution in [0.25, 0.3) is 5.57 Å². The Morgan fingerprint density at radius 2 is 2.09 bits per heavy atom. The van der Waals surface area contributed by atoms with E-state index in [0.29, 0.717) is 6.54 Å². The van der Waals surface area contributed by atoms with Gasteiger partial charge in [-0.05, 0) is 68.1 Å². The fourth-order valence-corrected chi connectivity index (χ4v) is 2.99. The first-order valence-electron chi connectivity index (χ1n) is 8.46. The summed E-state index contributed by atoms with van der Waals surface area (Å²) in [7, 11) is 0. The Balaban J connectivity index is 0.00000264. The van der Waals surface area contributed by atoms with Gasteiger partial charge in [-0.1, -0.05) is 26.0 Å². The maximum atomic E-state index is 12.3. The van der Waals surface area contributed by atoms with E-state index in [-0.39, 0.29) is 7.33 Å². The molecule has 0 saturated heterocycles. The zero-order chi connectivity index (χ0) is 15.9. The van der Waals surface area contributed by atoms with Crippen molar-refractivity contribution in [3.63, 3.8) is 0 Å². The van der Waals surface area contributed by atoms with Gasteiger partial charge in [0, 0.05) is 20.1 Å². The summed E-state index contributed by atoms with van der Waals surface area (Å²) >= 11 is 0. The predicted octanol–water partition coefficient (Wildman–Crippen LogP) is 3.88. The number of hydrogen-bond acceptors (Lipinski definition) is 2. The molecule has 0 unspecified atom stereocenters. The van der Waals surface area contributed by atoms with Crippen molar-refractivity contribution in [3.05, 3.63) is 41.0 Å². The normalized spacial score (nSPS) is 14.3. The highest BCUT2D eigenvalue weighted by Crippen LogP contribution is 2.30. The van der Waals surface area contributed by atoms with E-state index in [0.717, 1.165) is 38.0 Å². The fraction of sp³-hybridized carbons (Fsp3) is 0.526. The Morgan fingerprint density at radius 3 is 2.73 bits per heavy atom. The van der Waals surface area contributed by atoms with Crippen molar-refractivity contribution in [3.8, 4) is 0 Å². The van der Waals surface area contributed by atoms with E-state index >= 15 is 0 Å². The lowest BCUT2D eigenvalue weighted by atomic mass is 9.97. The summed E-state index contributed by atoms with van der Waals surface area (Å²) in [5, 5.41) is 3.04. The van der Waals surface area contributed by atoms with Gasteiger partial charge in [0.25, 0.3) is 5.91 Å². The standard InChI is InChI=1S/C19H28N2O.H2/c1-4-21(5-2)13-12-20-19(22)17-11-10-15(3)18(14-17)16-8-6-7-9-16;/h8,10-11,14H,4-7,9,12-13H2,1-3H3,(H,20,22);1H. The van der Waals surface area contributed by atoms with Crippen molar-refractivity contribution in [2.24, 2.45) is 0 Å². The second kappa shape index (κ2) is 8.14. The van der Waals surface area contributed by atoms with Crippen LogP contribution in [-0.4, -0.2) is 37.0 Å². The van der Waals surface area contributed by atoms with Crippen LogP contribution in [0, 0.1) is 6.92 Å². The van der Waals surface area contributed by atoms with Crippen LogP contribution in [0.3, 0.4) is 0 Å². The summed E-state index contributed by atoms with van der Waals surface area (Å²) in [4.78, 5) is 14.6. The molecule has 122 valence electrons. The number of hydrogen-bond donors (Lipinski definition) is 1. The minimum atomic E-state index is 0. The molecule has 0 aromatic heterocycles. The third-order valence-corrected chi connectivity index (χ3v) is 4.49. The molecule has 1 aliphatic carbocycles. The van der Waals surface area contributed by atoms with Gasteiger partial charge in [0.15, 0.2) is 0 Å². The lowest BCUT2D eigenvalue weighted by molar-refractivity contribution is 0.0949. The van der Waals surface area contributed by atoms with Gasteiger partial charge < -0.3 is 10.2 Å². The van der Waals surface area contributed by atoms with E-state index in [1.54, 1.807) is 0 Å². The molecule has 1 amide bonds. The zero-order valence-electron chi connectivity index (χ0n) is 14.1. The van der Waals surface area contributed by atoms with Crippen molar-refractivity contribution in [1.29, 1.82) is 0 Å². The number of nitrogens with one attached hydrogen (secondary N) is 1. The first kappa shape index (κ1) is 16.8. The van der Waals surface area contributed by atoms with Gasteiger partial charge in [0.05, 0.1) is 0 Å². The first-order valence-corrected chi connectivity index (χ1v) is 8.46. The quantitative estimate of drug-likeness (QED) is 0.829. The van der Waals surface area contributed by atoms with Crippen LogP contribution in [0.2, 0.25) is 0 Å². The molecule has 0 bridgehead atoms. The van der Waals surface area contributed by atoms with E-state index in [4.69, 9.17) is 0 Å². The number of benzene rings is 1. The molecular weight excluding hydrogens is 272 g/mol. The number of rotatable bonds is 7. The van der Waals surface area contributed by atoms with E-state index in [2.05, 4.69) is 49.2 Å². The number of amides is 1. The van der Waals surface area contributed by atoms with Gasteiger partial charge in [0.2, 0.25) is 0 Å². The van der Waals surface area contributed by atoms with E-state index < -0.39 is 0 Å². The minimum Gasteiger partial charge on any atom is -0.351 e. The van der Waals surface area contributed by atoms with E-state index in [9.17, 15) is 4.79 Å². The largest absolute Gasteiger partial charge is 0.351 e. The highest BCUT2D eigenvalue weighted by Gasteiger charge is 2.13. The molecule has 0 saturated carbocycles. The Morgan fingerprint density at radius 1 is 1.32 bits per heavy atom. The van der Waals surface area contributed by atoms with Gasteiger partial charge in [0.1, 0.15) is 0 Å². The van der Waals surface area contributed by atoms with Crippen molar-refractivity contribution >= 4 is 11.5 Å². The lowest BCUT2D eigenvalue weighted by Gasteiger charge is -2.18. The second-order valence-electron chi connectivity index (χ2n) is 5.93. The van der Waals surface area contributed by atoms with Crippen LogP contribution >= 0.6 is 0 Å². The van der Waals surface area contributed by atoms with Gasteiger partial charge in [-0.25, -0.2) is 0 Å². The summed E-state index contributed by atoms with van der Waals surface area (Å²) in [6.07, 6.45) is 5.84. The molecule has 0 spiro atoms. The molecule has 3 nitrogen and oxygen atoms in total. The monoisotopic (exact) mass is 302 g/mol. The topological polar surface area (TPSA) is 32.3 Å². The van der Waals surface area contributed by atoms with Crippen LogP contribution in [0.5, 0.6) is 0 Å². The van der Waals surface area contributed by atoms with Gasteiger partial charge in [-0.2, -0.15) is 0 Å². The summed E-state index contributed by atoms with van der Waals surface area (Å²) in [6.45, 7) is 10.1.